The molecule has 5 heteroatoms. The average molecular weight is 311 g/mol. The van der Waals surface area contributed by atoms with Gasteiger partial charge in [-0.3, -0.25) is 0 Å². The predicted octanol–water partition coefficient (Wildman–Crippen LogP) is 2.96. The second kappa shape index (κ2) is 5.54. The fourth-order valence-electron chi connectivity index (χ4n) is 1.62. The minimum atomic E-state index is -0.834. The molecule has 0 aliphatic carbocycles. The third-order valence-electron chi connectivity index (χ3n) is 2.45. The second-order valence-corrected chi connectivity index (χ2v) is 5.03. The molecule has 2 aromatic rings. The van der Waals surface area contributed by atoms with Gasteiger partial charge in [-0.05, 0) is 36.2 Å². The summed E-state index contributed by atoms with van der Waals surface area (Å²) in [6.07, 6.45) is 2.73. The molecule has 0 radical (unpaired) electrons. The van der Waals surface area contributed by atoms with E-state index in [9.17, 15) is 9.50 Å². The van der Waals surface area contributed by atoms with Gasteiger partial charge in [-0.25, -0.2) is 14.4 Å². The molecule has 0 aliphatic heterocycles. The minimum Gasteiger partial charge on any atom is -0.385 e. The zero-order valence-electron chi connectivity index (χ0n) is 9.77. The van der Waals surface area contributed by atoms with Gasteiger partial charge < -0.3 is 5.11 Å². The summed E-state index contributed by atoms with van der Waals surface area (Å²) >= 11 is 3.22. The van der Waals surface area contributed by atoms with Crippen LogP contribution in [0, 0.1) is 12.7 Å². The summed E-state index contributed by atoms with van der Waals surface area (Å²) in [5.74, 6) is 0.0115. The maximum absolute atomic E-state index is 13.2. The average Bonchev–Trinajstić information content (AvgIpc) is 2.28. The van der Waals surface area contributed by atoms with Gasteiger partial charge in [0.2, 0.25) is 0 Å². The van der Waals surface area contributed by atoms with E-state index in [1.807, 2.05) is 6.92 Å². The summed E-state index contributed by atoms with van der Waals surface area (Å²) in [7, 11) is 0. The zero-order chi connectivity index (χ0) is 13.1. The lowest BCUT2D eigenvalue weighted by Crippen LogP contribution is -2.07. The van der Waals surface area contributed by atoms with Crippen molar-refractivity contribution < 1.29 is 9.50 Å². The Kier molecular flexibility index (Phi) is 4.04. The number of aliphatic hydroxyl groups excluding tert-OH is 1. The SMILES string of the molecule is Cc1cnc(C(O)Cc2cc(F)cc(Br)c2)nc1. The van der Waals surface area contributed by atoms with E-state index in [-0.39, 0.29) is 12.2 Å². The molecule has 1 unspecified atom stereocenters. The molecule has 1 heterocycles. The van der Waals surface area contributed by atoms with Crippen molar-refractivity contribution in [3.63, 3.8) is 0 Å². The maximum Gasteiger partial charge on any atom is 0.157 e. The Morgan fingerprint density at radius 2 is 1.94 bits per heavy atom. The van der Waals surface area contributed by atoms with Crippen molar-refractivity contribution >= 4 is 15.9 Å². The van der Waals surface area contributed by atoms with Crippen LogP contribution in [0.4, 0.5) is 4.39 Å². The first-order chi connectivity index (χ1) is 8.54. The van der Waals surface area contributed by atoms with Gasteiger partial charge in [0.15, 0.2) is 5.82 Å². The number of aliphatic hydroxyl groups is 1. The topological polar surface area (TPSA) is 46.0 Å². The molecule has 0 amide bonds. The molecule has 1 atom stereocenters. The smallest absolute Gasteiger partial charge is 0.157 e. The number of benzene rings is 1. The molecular formula is C13H12BrFN2O. The van der Waals surface area contributed by atoms with E-state index in [1.165, 1.54) is 12.1 Å². The Morgan fingerprint density at radius 3 is 2.56 bits per heavy atom. The highest BCUT2D eigenvalue weighted by Crippen LogP contribution is 2.20. The number of aromatic nitrogens is 2. The normalized spacial score (nSPS) is 12.4. The largest absolute Gasteiger partial charge is 0.385 e. The first-order valence-corrected chi connectivity index (χ1v) is 6.25. The molecule has 1 aromatic carbocycles. The number of nitrogens with zero attached hydrogens (tertiary/aromatic N) is 2. The fraction of sp³-hybridized carbons (Fsp3) is 0.231. The van der Waals surface area contributed by atoms with E-state index < -0.39 is 6.10 Å². The summed E-state index contributed by atoms with van der Waals surface area (Å²) in [6, 6.07) is 4.53. The Morgan fingerprint density at radius 1 is 1.28 bits per heavy atom. The van der Waals surface area contributed by atoms with Crippen LogP contribution in [-0.4, -0.2) is 15.1 Å². The van der Waals surface area contributed by atoms with Crippen LogP contribution in [0.3, 0.4) is 0 Å². The van der Waals surface area contributed by atoms with Crippen LogP contribution in [0.15, 0.2) is 35.1 Å². The van der Waals surface area contributed by atoms with Crippen LogP contribution in [0.5, 0.6) is 0 Å². The Balaban J connectivity index is 2.15. The van der Waals surface area contributed by atoms with Crippen molar-refractivity contribution in [3.8, 4) is 0 Å². The van der Waals surface area contributed by atoms with Gasteiger partial charge in [-0.1, -0.05) is 15.9 Å². The molecule has 0 bridgehead atoms. The van der Waals surface area contributed by atoms with Crippen LogP contribution in [-0.2, 0) is 6.42 Å². The van der Waals surface area contributed by atoms with Crippen LogP contribution in [0.2, 0.25) is 0 Å². The maximum atomic E-state index is 13.2. The molecule has 2 rings (SSSR count). The van der Waals surface area contributed by atoms with E-state index in [0.717, 1.165) is 5.56 Å². The van der Waals surface area contributed by atoms with Crippen LogP contribution in [0.25, 0.3) is 0 Å². The molecule has 3 nitrogen and oxygen atoms in total. The molecule has 0 aliphatic rings. The second-order valence-electron chi connectivity index (χ2n) is 4.12. The van der Waals surface area contributed by atoms with Gasteiger partial charge in [0.1, 0.15) is 11.9 Å². The van der Waals surface area contributed by atoms with Crippen molar-refractivity contribution in [3.05, 3.63) is 57.8 Å². The first kappa shape index (κ1) is 13.1. The van der Waals surface area contributed by atoms with E-state index in [1.54, 1.807) is 18.5 Å². The summed E-state index contributed by atoms with van der Waals surface area (Å²) in [5.41, 5.74) is 1.62. The number of halogens is 2. The van der Waals surface area contributed by atoms with E-state index in [4.69, 9.17) is 0 Å². The number of aryl methyl sites for hydroxylation is 1. The molecular weight excluding hydrogens is 299 g/mol. The molecule has 1 aromatic heterocycles. The lowest BCUT2D eigenvalue weighted by molar-refractivity contribution is 0.168. The van der Waals surface area contributed by atoms with Crippen LogP contribution >= 0.6 is 15.9 Å². The summed E-state index contributed by atoms with van der Waals surface area (Å²) in [4.78, 5) is 8.11. The standard InChI is InChI=1S/C13H12BrFN2O/c1-8-6-16-13(17-7-8)12(18)4-9-2-10(14)5-11(15)3-9/h2-3,5-7,12,18H,4H2,1H3. The van der Waals surface area contributed by atoms with Crippen molar-refractivity contribution in [2.75, 3.05) is 0 Å². The third kappa shape index (κ3) is 3.34. The Hall–Kier alpha value is -1.33. The highest BCUT2D eigenvalue weighted by Gasteiger charge is 2.12. The highest BCUT2D eigenvalue weighted by molar-refractivity contribution is 9.10. The molecule has 1 N–H and O–H groups in total. The third-order valence-corrected chi connectivity index (χ3v) is 2.91. The molecule has 0 saturated heterocycles. The first-order valence-electron chi connectivity index (χ1n) is 5.46. The molecule has 0 saturated carbocycles. The van der Waals surface area contributed by atoms with Crippen molar-refractivity contribution in [2.24, 2.45) is 0 Å². The van der Waals surface area contributed by atoms with Crippen molar-refractivity contribution in [2.45, 2.75) is 19.4 Å². The van der Waals surface area contributed by atoms with Gasteiger partial charge >= 0.3 is 0 Å². The lowest BCUT2D eigenvalue weighted by atomic mass is 10.1. The van der Waals surface area contributed by atoms with Crippen molar-refractivity contribution in [1.29, 1.82) is 0 Å². The van der Waals surface area contributed by atoms with Crippen LogP contribution in [0.1, 0.15) is 23.1 Å². The Labute approximate surface area is 113 Å². The fourth-order valence-corrected chi connectivity index (χ4v) is 2.13. The summed E-state index contributed by atoms with van der Waals surface area (Å²) < 4.78 is 13.8. The van der Waals surface area contributed by atoms with Crippen molar-refractivity contribution in [1.82, 2.24) is 9.97 Å². The van der Waals surface area contributed by atoms with E-state index in [2.05, 4.69) is 25.9 Å². The summed E-state index contributed by atoms with van der Waals surface area (Å²) in [6.45, 7) is 1.87. The van der Waals surface area contributed by atoms with Gasteiger partial charge in [0, 0.05) is 23.3 Å². The monoisotopic (exact) mass is 310 g/mol. The zero-order valence-corrected chi connectivity index (χ0v) is 11.4. The molecule has 0 spiro atoms. The van der Waals surface area contributed by atoms with Crippen LogP contribution < -0.4 is 0 Å². The minimum absolute atomic E-state index is 0.277. The summed E-state index contributed by atoms with van der Waals surface area (Å²) in [5, 5.41) is 9.98. The van der Waals surface area contributed by atoms with E-state index >= 15 is 0 Å². The van der Waals surface area contributed by atoms with E-state index in [0.29, 0.717) is 15.9 Å². The lowest BCUT2D eigenvalue weighted by Gasteiger charge is -2.09. The highest BCUT2D eigenvalue weighted by atomic mass is 79.9. The van der Waals surface area contributed by atoms with Gasteiger partial charge in [-0.15, -0.1) is 0 Å². The Bertz CT molecular complexity index is 525. The quantitative estimate of drug-likeness (QED) is 0.948. The predicted molar refractivity (Wildman–Crippen MR) is 69.5 cm³/mol. The number of hydrogen-bond donors (Lipinski definition) is 1. The number of rotatable bonds is 3. The molecule has 0 fully saturated rings. The molecule has 94 valence electrons. The van der Waals surface area contributed by atoms with Gasteiger partial charge in [-0.2, -0.15) is 0 Å². The molecule has 18 heavy (non-hydrogen) atoms. The van der Waals surface area contributed by atoms with Gasteiger partial charge in [0.05, 0.1) is 0 Å². The van der Waals surface area contributed by atoms with Gasteiger partial charge in [0.25, 0.3) is 0 Å². The number of hydrogen-bond acceptors (Lipinski definition) is 3.